The molecule has 4 heteroatoms. The molecule has 98 valence electrons. The first-order valence-corrected chi connectivity index (χ1v) is 6.55. The van der Waals surface area contributed by atoms with E-state index < -0.39 is 0 Å². The van der Waals surface area contributed by atoms with Gasteiger partial charge in [-0.1, -0.05) is 23.4 Å². The molecule has 3 rings (SSSR count). The Kier molecular flexibility index (Phi) is 3.07. The number of carbonyl (C=O) groups is 1. The summed E-state index contributed by atoms with van der Waals surface area (Å²) in [6.45, 7) is 2.65. The largest absolute Gasteiger partial charge is 0.361 e. The van der Waals surface area contributed by atoms with Crippen molar-refractivity contribution >= 4 is 5.91 Å². The van der Waals surface area contributed by atoms with Gasteiger partial charge in [-0.25, -0.2) is 0 Å². The zero-order valence-electron chi connectivity index (χ0n) is 10.9. The smallest absolute Gasteiger partial charge is 0.254 e. The normalized spacial score (nSPS) is 18.8. The van der Waals surface area contributed by atoms with Crippen molar-refractivity contribution < 1.29 is 9.32 Å². The number of rotatable bonds is 2. The van der Waals surface area contributed by atoms with E-state index in [4.69, 9.17) is 4.52 Å². The van der Waals surface area contributed by atoms with Crippen LogP contribution < -0.4 is 0 Å². The zero-order valence-corrected chi connectivity index (χ0v) is 10.9. The molecule has 0 aliphatic carbocycles. The molecule has 0 bridgehead atoms. The van der Waals surface area contributed by atoms with Crippen molar-refractivity contribution in [3.63, 3.8) is 0 Å². The van der Waals surface area contributed by atoms with Gasteiger partial charge in [-0.2, -0.15) is 0 Å². The lowest BCUT2D eigenvalue weighted by Gasteiger charge is -2.23. The Morgan fingerprint density at radius 3 is 2.84 bits per heavy atom. The summed E-state index contributed by atoms with van der Waals surface area (Å²) >= 11 is 0. The van der Waals surface area contributed by atoms with E-state index in [9.17, 15) is 4.79 Å². The Bertz CT molecular complexity index is 577. The highest BCUT2D eigenvalue weighted by atomic mass is 16.5. The van der Waals surface area contributed by atoms with Crippen LogP contribution in [-0.4, -0.2) is 22.5 Å². The number of aryl methyl sites for hydroxylation is 1. The summed E-state index contributed by atoms with van der Waals surface area (Å²) in [5.74, 6) is 0.859. The molecule has 1 unspecified atom stereocenters. The summed E-state index contributed by atoms with van der Waals surface area (Å²) < 4.78 is 5.12. The molecule has 1 aliphatic rings. The van der Waals surface area contributed by atoms with Gasteiger partial charge in [0.25, 0.3) is 5.91 Å². The van der Waals surface area contributed by atoms with Crippen LogP contribution in [0.4, 0.5) is 0 Å². The van der Waals surface area contributed by atoms with E-state index in [1.807, 2.05) is 48.2 Å². The van der Waals surface area contributed by atoms with E-state index in [0.717, 1.165) is 36.4 Å². The predicted molar refractivity (Wildman–Crippen MR) is 70.7 cm³/mol. The second-order valence-corrected chi connectivity index (χ2v) is 4.89. The number of hydrogen-bond donors (Lipinski definition) is 0. The summed E-state index contributed by atoms with van der Waals surface area (Å²) in [6.07, 6.45) is 1.96. The number of benzene rings is 1. The molecule has 0 radical (unpaired) electrons. The molecule has 0 N–H and O–H groups in total. The highest BCUT2D eigenvalue weighted by molar-refractivity contribution is 5.94. The Morgan fingerprint density at radius 1 is 1.37 bits per heavy atom. The number of likely N-dealkylation sites (tertiary alicyclic amines) is 1. The van der Waals surface area contributed by atoms with Crippen LogP contribution in [0.15, 0.2) is 40.9 Å². The fourth-order valence-corrected chi connectivity index (χ4v) is 2.61. The van der Waals surface area contributed by atoms with Crippen molar-refractivity contribution in [3.05, 3.63) is 53.4 Å². The van der Waals surface area contributed by atoms with Crippen LogP contribution in [-0.2, 0) is 0 Å². The van der Waals surface area contributed by atoms with Crippen molar-refractivity contribution in [2.75, 3.05) is 6.54 Å². The van der Waals surface area contributed by atoms with E-state index in [-0.39, 0.29) is 11.9 Å². The molecule has 2 heterocycles. The molecule has 2 aromatic rings. The lowest BCUT2D eigenvalue weighted by atomic mass is 10.1. The van der Waals surface area contributed by atoms with Gasteiger partial charge in [-0.05, 0) is 31.9 Å². The number of amides is 1. The Hall–Kier alpha value is -2.10. The van der Waals surface area contributed by atoms with E-state index in [2.05, 4.69) is 5.16 Å². The topological polar surface area (TPSA) is 46.3 Å². The van der Waals surface area contributed by atoms with Gasteiger partial charge in [0.05, 0.1) is 6.04 Å². The van der Waals surface area contributed by atoms with Gasteiger partial charge in [0.2, 0.25) is 0 Å². The van der Waals surface area contributed by atoms with E-state index in [0.29, 0.717) is 0 Å². The SMILES string of the molecule is Cc1cc(C2CCCN2C(=O)c2ccccc2)no1. The average molecular weight is 256 g/mol. The van der Waals surface area contributed by atoms with Crippen LogP contribution >= 0.6 is 0 Å². The Balaban J connectivity index is 1.86. The fraction of sp³-hybridized carbons (Fsp3) is 0.333. The minimum Gasteiger partial charge on any atom is -0.361 e. The molecule has 1 atom stereocenters. The molecule has 0 spiro atoms. The maximum Gasteiger partial charge on any atom is 0.254 e. The number of nitrogens with zero attached hydrogens (tertiary/aromatic N) is 2. The number of aromatic nitrogens is 1. The van der Waals surface area contributed by atoms with Gasteiger partial charge in [0.1, 0.15) is 11.5 Å². The van der Waals surface area contributed by atoms with Crippen LogP contribution in [0.2, 0.25) is 0 Å². The van der Waals surface area contributed by atoms with Crippen molar-refractivity contribution in [2.45, 2.75) is 25.8 Å². The lowest BCUT2D eigenvalue weighted by Crippen LogP contribution is -2.30. The maximum absolute atomic E-state index is 12.5. The van der Waals surface area contributed by atoms with Gasteiger partial charge < -0.3 is 9.42 Å². The van der Waals surface area contributed by atoms with Crippen molar-refractivity contribution in [2.24, 2.45) is 0 Å². The van der Waals surface area contributed by atoms with Crippen LogP contribution in [0.1, 0.15) is 40.7 Å². The van der Waals surface area contributed by atoms with Gasteiger partial charge >= 0.3 is 0 Å². The second-order valence-electron chi connectivity index (χ2n) is 4.89. The Labute approximate surface area is 112 Å². The van der Waals surface area contributed by atoms with Gasteiger partial charge in [-0.3, -0.25) is 4.79 Å². The highest BCUT2D eigenvalue weighted by Gasteiger charge is 2.32. The van der Waals surface area contributed by atoms with Gasteiger partial charge in [0, 0.05) is 18.2 Å². The van der Waals surface area contributed by atoms with Crippen LogP contribution in [0, 0.1) is 6.92 Å². The second kappa shape index (κ2) is 4.88. The Morgan fingerprint density at radius 2 is 2.16 bits per heavy atom. The van der Waals surface area contributed by atoms with Gasteiger partial charge in [-0.15, -0.1) is 0 Å². The predicted octanol–water partition coefficient (Wildman–Crippen LogP) is 2.96. The quantitative estimate of drug-likeness (QED) is 0.829. The molecule has 1 fully saturated rings. The summed E-state index contributed by atoms with van der Waals surface area (Å²) in [5.41, 5.74) is 1.59. The molecule has 1 amide bonds. The highest BCUT2D eigenvalue weighted by Crippen LogP contribution is 2.32. The number of hydrogen-bond acceptors (Lipinski definition) is 3. The standard InChI is InChI=1S/C15H16N2O2/c1-11-10-13(16-19-11)14-8-5-9-17(14)15(18)12-6-3-2-4-7-12/h2-4,6-7,10,14H,5,8-9H2,1H3. The first-order valence-electron chi connectivity index (χ1n) is 6.55. The average Bonchev–Trinajstić information content (AvgIpc) is 3.07. The fourth-order valence-electron chi connectivity index (χ4n) is 2.61. The van der Waals surface area contributed by atoms with Gasteiger partial charge in [0.15, 0.2) is 0 Å². The lowest BCUT2D eigenvalue weighted by molar-refractivity contribution is 0.0731. The summed E-state index contributed by atoms with van der Waals surface area (Å²) in [6, 6.07) is 11.4. The molecule has 1 aromatic heterocycles. The minimum absolute atomic E-state index is 0.0464. The minimum atomic E-state index is 0.0464. The zero-order chi connectivity index (χ0) is 13.2. The molecule has 0 saturated carbocycles. The molecule has 19 heavy (non-hydrogen) atoms. The number of carbonyl (C=O) groups excluding carboxylic acids is 1. The molecule has 1 aliphatic heterocycles. The molecule has 4 nitrogen and oxygen atoms in total. The maximum atomic E-state index is 12.5. The summed E-state index contributed by atoms with van der Waals surface area (Å²) in [7, 11) is 0. The van der Waals surface area contributed by atoms with E-state index >= 15 is 0 Å². The first kappa shape index (κ1) is 12.0. The molecular formula is C15H16N2O2. The third kappa shape index (κ3) is 2.26. The molecule has 1 aromatic carbocycles. The van der Waals surface area contributed by atoms with Crippen LogP contribution in [0.25, 0.3) is 0 Å². The van der Waals surface area contributed by atoms with E-state index in [1.165, 1.54) is 0 Å². The molecular weight excluding hydrogens is 240 g/mol. The summed E-state index contributed by atoms with van der Waals surface area (Å²) in [4.78, 5) is 14.4. The first-order chi connectivity index (χ1) is 9.25. The third-order valence-corrected chi connectivity index (χ3v) is 3.52. The van der Waals surface area contributed by atoms with Crippen molar-refractivity contribution in [1.29, 1.82) is 0 Å². The summed E-state index contributed by atoms with van der Waals surface area (Å²) in [5, 5.41) is 4.06. The molecule has 1 saturated heterocycles. The van der Waals surface area contributed by atoms with Crippen molar-refractivity contribution in [3.8, 4) is 0 Å². The monoisotopic (exact) mass is 256 g/mol. The van der Waals surface area contributed by atoms with Crippen molar-refractivity contribution in [1.82, 2.24) is 10.1 Å². The van der Waals surface area contributed by atoms with E-state index in [1.54, 1.807) is 0 Å². The third-order valence-electron chi connectivity index (χ3n) is 3.52. The van der Waals surface area contributed by atoms with Crippen LogP contribution in [0.5, 0.6) is 0 Å². The van der Waals surface area contributed by atoms with Crippen LogP contribution in [0.3, 0.4) is 0 Å².